The van der Waals surface area contributed by atoms with Crippen molar-refractivity contribution in [1.82, 2.24) is 5.16 Å². The van der Waals surface area contributed by atoms with Crippen molar-refractivity contribution in [3.05, 3.63) is 41.2 Å². The van der Waals surface area contributed by atoms with Crippen LogP contribution in [0, 0.1) is 13.8 Å². The topological polar surface area (TPSA) is 39.2 Å². The van der Waals surface area contributed by atoms with Gasteiger partial charge in [-0.1, -0.05) is 54.1 Å². The van der Waals surface area contributed by atoms with E-state index in [-0.39, 0.29) is 18.3 Å². The van der Waals surface area contributed by atoms with E-state index >= 15 is 0 Å². The third kappa shape index (κ3) is 6.19. The van der Waals surface area contributed by atoms with Gasteiger partial charge in [-0.2, -0.15) is 0 Å². The third-order valence-corrected chi connectivity index (χ3v) is 2.96. The third-order valence-electron chi connectivity index (χ3n) is 2.96. The minimum Gasteiger partial charge on any atom is -0.469 e. The zero-order valence-corrected chi connectivity index (χ0v) is 14.0. The lowest BCUT2D eigenvalue weighted by atomic mass is 9.89. The molecule has 21 heavy (non-hydrogen) atoms. The van der Waals surface area contributed by atoms with E-state index in [0.717, 1.165) is 17.2 Å². The molecule has 0 spiro atoms. The highest BCUT2D eigenvalue weighted by Crippen LogP contribution is 2.23. The van der Waals surface area contributed by atoms with Gasteiger partial charge in [0.1, 0.15) is 11.5 Å². The molecule has 2 aromatic rings. The monoisotopic (exact) mass is 293 g/mol. The molecule has 0 atom stereocenters. The molecular formula is C18H31NO2. The fraction of sp³-hybridized carbons (Fsp3) is 0.611. The van der Waals surface area contributed by atoms with Gasteiger partial charge in [-0.25, -0.2) is 0 Å². The molecule has 0 saturated heterocycles. The van der Waals surface area contributed by atoms with Crippen molar-refractivity contribution < 1.29 is 8.94 Å². The second kappa shape index (κ2) is 6.97. The number of furan rings is 1. The minimum absolute atomic E-state index is 0. The van der Waals surface area contributed by atoms with Crippen LogP contribution in [0.4, 0.5) is 0 Å². The zero-order chi connectivity index (χ0) is 15.6. The van der Waals surface area contributed by atoms with Crippen LogP contribution in [0.25, 0.3) is 0 Å². The Kier molecular flexibility index (Phi) is 6.47. The lowest BCUT2D eigenvalue weighted by Gasteiger charge is -2.14. The molecule has 0 unspecified atom stereocenters. The molecule has 2 heterocycles. The quantitative estimate of drug-likeness (QED) is 0.616. The van der Waals surface area contributed by atoms with Crippen molar-refractivity contribution >= 4 is 0 Å². The highest BCUT2D eigenvalue weighted by molar-refractivity contribution is 5.19. The summed E-state index contributed by atoms with van der Waals surface area (Å²) in [5.41, 5.74) is 2.52. The first-order valence-corrected chi connectivity index (χ1v) is 6.99. The second-order valence-corrected chi connectivity index (χ2v) is 7.28. The molecule has 0 bridgehead atoms. The molecule has 0 aliphatic rings. The highest BCUT2D eigenvalue weighted by atomic mass is 16.5. The van der Waals surface area contributed by atoms with Crippen LogP contribution in [0.15, 0.2) is 27.3 Å². The van der Waals surface area contributed by atoms with Gasteiger partial charge in [-0.05, 0) is 30.9 Å². The maximum absolute atomic E-state index is 5.19. The van der Waals surface area contributed by atoms with E-state index in [9.17, 15) is 0 Å². The molecular weight excluding hydrogens is 262 g/mol. The average Bonchev–Trinajstić information content (AvgIpc) is 2.85. The molecule has 0 aliphatic carbocycles. The van der Waals surface area contributed by atoms with Gasteiger partial charge in [0.25, 0.3) is 0 Å². The van der Waals surface area contributed by atoms with Crippen LogP contribution in [-0.2, 0) is 10.8 Å². The van der Waals surface area contributed by atoms with Crippen molar-refractivity contribution in [1.29, 1.82) is 0 Å². The SMILES string of the molecule is C.Cc1cc(C(C)(C)C)co1.Cc1cc(C(C)(C)C)on1. The Hall–Kier alpha value is -1.51. The molecule has 120 valence electrons. The number of hydrogen-bond donors (Lipinski definition) is 0. The lowest BCUT2D eigenvalue weighted by Crippen LogP contribution is -2.09. The molecule has 0 aliphatic heterocycles. The van der Waals surface area contributed by atoms with Gasteiger partial charge in [0.05, 0.1) is 12.0 Å². The molecule has 0 aromatic carbocycles. The molecule has 0 amide bonds. The molecule has 0 radical (unpaired) electrons. The molecule has 3 nitrogen and oxygen atoms in total. The van der Waals surface area contributed by atoms with Gasteiger partial charge in [0, 0.05) is 11.5 Å². The van der Waals surface area contributed by atoms with Crippen molar-refractivity contribution in [3.63, 3.8) is 0 Å². The first-order chi connectivity index (χ1) is 9.00. The van der Waals surface area contributed by atoms with Gasteiger partial charge >= 0.3 is 0 Å². The summed E-state index contributed by atoms with van der Waals surface area (Å²) in [5, 5.41) is 3.81. The Labute approximate surface area is 129 Å². The Morgan fingerprint density at radius 2 is 1.48 bits per heavy atom. The van der Waals surface area contributed by atoms with E-state index in [1.807, 2.05) is 26.2 Å². The molecule has 2 rings (SSSR count). The van der Waals surface area contributed by atoms with Crippen LogP contribution >= 0.6 is 0 Å². The number of rotatable bonds is 0. The van der Waals surface area contributed by atoms with Gasteiger partial charge < -0.3 is 8.94 Å². The normalized spacial score (nSPS) is 11.4. The summed E-state index contributed by atoms with van der Waals surface area (Å²) in [4.78, 5) is 0. The Morgan fingerprint density at radius 1 is 0.905 bits per heavy atom. The standard InChI is InChI=1S/C9H14O.C8H13NO.CH4/c1-7-5-8(6-10-7)9(2,3)4;1-6-5-7(10-9-6)8(2,3)4;/h5-6H,1-4H3;5H,1-4H3;1H4. The summed E-state index contributed by atoms with van der Waals surface area (Å²) in [5.74, 6) is 1.94. The maximum Gasteiger partial charge on any atom is 0.142 e. The van der Waals surface area contributed by atoms with Crippen LogP contribution in [0.2, 0.25) is 0 Å². The summed E-state index contributed by atoms with van der Waals surface area (Å²) in [7, 11) is 0. The average molecular weight is 293 g/mol. The van der Waals surface area contributed by atoms with Crippen LogP contribution in [0.1, 0.15) is 71.7 Å². The lowest BCUT2D eigenvalue weighted by molar-refractivity contribution is 0.327. The Bertz CT molecular complexity index is 486. The maximum atomic E-state index is 5.19. The van der Waals surface area contributed by atoms with Crippen LogP contribution < -0.4 is 0 Å². The van der Waals surface area contributed by atoms with Crippen molar-refractivity contribution in [2.75, 3.05) is 0 Å². The minimum atomic E-state index is 0. The van der Waals surface area contributed by atoms with Crippen LogP contribution in [0.5, 0.6) is 0 Å². The molecule has 2 aromatic heterocycles. The summed E-state index contributed by atoms with van der Waals surface area (Å²) >= 11 is 0. The van der Waals surface area contributed by atoms with Crippen molar-refractivity contribution in [2.45, 2.75) is 73.6 Å². The first-order valence-electron chi connectivity index (χ1n) is 6.99. The molecule has 3 heteroatoms. The fourth-order valence-corrected chi connectivity index (χ4v) is 1.55. The van der Waals surface area contributed by atoms with E-state index in [4.69, 9.17) is 8.94 Å². The Morgan fingerprint density at radius 3 is 1.67 bits per heavy atom. The van der Waals surface area contributed by atoms with Crippen molar-refractivity contribution in [3.8, 4) is 0 Å². The van der Waals surface area contributed by atoms with E-state index in [2.05, 4.69) is 52.8 Å². The van der Waals surface area contributed by atoms with E-state index in [0.29, 0.717) is 0 Å². The predicted molar refractivity (Wildman–Crippen MR) is 88.8 cm³/mol. The summed E-state index contributed by atoms with van der Waals surface area (Å²) in [6.07, 6.45) is 1.83. The van der Waals surface area contributed by atoms with Crippen LogP contribution in [0.3, 0.4) is 0 Å². The van der Waals surface area contributed by atoms with Gasteiger partial charge in [-0.3, -0.25) is 0 Å². The van der Waals surface area contributed by atoms with Crippen molar-refractivity contribution in [2.24, 2.45) is 0 Å². The highest BCUT2D eigenvalue weighted by Gasteiger charge is 2.18. The summed E-state index contributed by atoms with van der Waals surface area (Å²) in [6.45, 7) is 16.7. The first kappa shape index (κ1) is 19.5. The largest absolute Gasteiger partial charge is 0.469 e. The second-order valence-electron chi connectivity index (χ2n) is 7.28. The molecule has 0 saturated carbocycles. The number of hydrogen-bond acceptors (Lipinski definition) is 3. The Balaban J connectivity index is 0.000000364. The van der Waals surface area contributed by atoms with E-state index in [1.54, 1.807) is 0 Å². The predicted octanol–water partition coefficient (Wildman–Crippen LogP) is 5.80. The summed E-state index contributed by atoms with van der Waals surface area (Å²) < 4.78 is 10.3. The van der Waals surface area contributed by atoms with Gasteiger partial charge in [0.2, 0.25) is 0 Å². The number of aryl methyl sites for hydroxylation is 2. The summed E-state index contributed by atoms with van der Waals surface area (Å²) in [6, 6.07) is 4.06. The van der Waals surface area contributed by atoms with Crippen LogP contribution in [-0.4, -0.2) is 5.16 Å². The van der Waals surface area contributed by atoms with Gasteiger partial charge in [0.15, 0.2) is 0 Å². The molecule has 0 fully saturated rings. The van der Waals surface area contributed by atoms with Gasteiger partial charge in [-0.15, -0.1) is 0 Å². The molecule has 0 N–H and O–H groups in total. The van der Waals surface area contributed by atoms with E-state index < -0.39 is 0 Å². The fourth-order valence-electron chi connectivity index (χ4n) is 1.55. The zero-order valence-electron chi connectivity index (χ0n) is 14.0. The number of aromatic nitrogens is 1. The van der Waals surface area contributed by atoms with E-state index in [1.165, 1.54) is 5.56 Å². The smallest absolute Gasteiger partial charge is 0.142 e. The number of nitrogens with zero attached hydrogens (tertiary/aromatic N) is 1.